The highest BCUT2D eigenvalue weighted by molar-refractivity contribution is 5.71. The molecule has 0 rings (SSSR count). The van der Waals surface area contributed by atoms with Crippen molar-refractivity contribution >= 4 is 17.9 Å². The van der Waals surface area contributed by atoms with Gasteiger partial charge in [-0.15, -0.1) is 0 Å². The van der Waals surface area contributed by atoms with Crippen molar-refractivity contribution in [1.29, 1.82) is 0 Å². The van der Waals surface area contributed by atoms with E-state index < -0.39 is 6.10 Å². The Labute approximate surface area is 436 Å². The zero-order valence-corrected chi connectivity index (χ0v) is 45.4. The van der Waals surface area contributed by atoms with E-state index in [0.717, 1.165) is 128 Å². The van der Waals surface area contributed by atoms with Gasteiger partial charge in [-0.3, -0.25) is 14.4 Å². The first-order valence-electron chi connectivity index (χ1n) is 28.3. The second-order valence-corrected chi connectivity index (χ2v) is 18.1. The van der Waals surface area contributed by atoms with Crippen LogP contribution in [0.1, 0.15) is 226 Å². The quantitative estimate of drug-likeness (QED) is 0.0262. The topological polar surface area (TPSA) is 78.9 Å². The maximum Gasteiger partial charge on any atom is 0.306 e. The first-order valence-corrected chi connectivity index (χ1v) is 28.3. The van der Waals surface area contributed by atoms with Crippen molar-refractivity contribution in [3.05, 3.63) is 146 Å². The van der Waals surface area contributed by atoms with Gasteiger partial charge in [0, 0.05) is 19.3 Å². The summed E-state index contributed by atoms with van der Waals surface area (Å²) in [5, 5.41) is 0. The fourth-order valence-corrected chi connectivity index (χ4v) is 7.12. The Morgan fingerprint density at radius 1 is 0.296 bits per heavy atom. The summed E-state index contributed by atoms with van der Waals surface area (Å²) < 4.78 is 16.8. The van der Waals surface area contributed by atoms with Crippen molar-refractivity contribution in [3.8, 4) is 0 Å². The van der Waals surface area contributed by atoms with Crippen LogP contribution in [0.15, 0.2) is 146 Å². The summed E-state index contributed by atoms with van der Waals surface area (Å²) in [6, 6.07) is 0. The minimum absolute atomic E-state index is 0.121. The lowest BCUT2D eigenvalue weighted by molar-refractivity contribution is -0.167. The maximum atomic E-state index is 12.8. The van der Waals surface area contributed by atoms with Crippen LogP contribution in [-0.2, 0) is 28.6 Å². The smallest absolute Gasteiger partial charge is 0.306 e. The third-order valence-corrected chi connectivity index (χ3v) is 11.3. The fourth-order valence-electron chi connectivity index (χ4n) is 7.12. The highest BCUT2D eigenvalue weighted by Crippen LogP contribution is 2.13. The molecule has 0 saturated heterocycles. The molecule has 0 bridgehead atoms. The summed E-state index contributed by atoms with van der Waals surface area (Å²) in [6.45, 7) is 6.29. The van der Waals surface area contributed by atoms with Gasteiger partial charge in [-0.05, 0) is 135 Å². The Morgan fingerprint density at radius 3 is 0.915 bits per heavy atom. The average Bonchev–Trinajstić information content (AvgIpc) is 3.37. The van der Waals surface area contributed by atoms with E-state index in [1.165, 1.54) is 51.4 Å². The van der Waals surface area contributed by atoms with E-state index in [9.17, 15) is 14.4 Å². The van der Waals surface area contributed by atoms with Crippen molar-refractivity contribution in [2.24, 2.45) is 0 Å². The summed E-state index contributed by atoms with van der Waals surface area (Å²) in [6.07, 6.45) is 82.6. The second-order valence-electron chi connectivity index (χ2n) is 18.1. The minimum Gasteiger partial charge on any atom is -0.462 e. The third kappa shape index (κ3) is 56.1. The van der Waals surface area contributed by atoms with Crippen LogP contribution in [0.5, 0.6) is 0 Å². The lowest BCUT2D eigenvalue weighted by atomic mass is 10.1. The molecule has 0 aromatic heterocycles. The summed E-state index contributed by atoms with van der Waals surface area (Å²) in [5.41, 5.74) is 0. The summed E-state index contributed by atoms with van der Waals surface area (Å²) >= 11 is 0. The number of esters is 3. The van der Waals surface area contributed by atoms with Crippen molar-refractivity contribution < 1.29 is 28.6 Å². The zero-order valence-electron chi connectivity index (χ0n) is 45.4. The van der Waals surface area contributed by atoms with Gasteiger partial charge >= 0.3 is 17.9 Å². The van der Waals surface area contributed by atoms with Crippen LogP contribution in [0.3, 0.4) is 0 Å². The Hall–Kier alpha value is -4.71. The van der Waals surface area contributed by atoms with Gasteiger partial charge in [-0.2, -0.15) is 0 Å². The molecule has 0 N–H and O–H groups in total. The zero-order chi connectivity index (χ0) is 51.4. The Kier molecular flexibility index (Phi) is 54.0. The molecule has 398 valence electrons. The normalized spacial score (nSPS) is 13.2. The summed E-state index contributed by atoms with van der Waals surface area (Å²) in [7, 11) is 0. The molecule has 0 fully saturated rings. The standard InChI is InChI=1S/C65H102O6/c1-4-7-10-13-16-19-22-25-28-31-32-35-37-40-43-46-49-52-55-58-64(67)70-61-62(71-65(68)59-56-53-50-47-44-41-38-34-30-27-24-21-18-15-12-9-6-3)60-69-63(66)57-54-51-48-45-42-39-36-33-29-26-23-20-17-14-11-8-5-2/h7,9-10,12,16-21,25-30,32,35,38,40-41,43,47,50,62H,4-6,8,11,13-15,22-24,31,33-34,36-37,39,42,44-46,48-49,51-61H2,1-3H3/b10-7-,12-9-,19-16-,20-17-,21-18-,28-25-,29-26-,30-27-,35-32-,41-38-,43-40-,50-47-/t62-/m1/s1. The molecule has 6 heteroatoms. The third-order valence-electron chi connectivity index (χ3n) is 11.3. The monoisotopic (exact) mass is 979 g/mol. The predicted molar refractivity (Wildman–Crippen MR) is 306 cm³/mol. The second kappa shape index (κ2) is 57.9. The molecule has 0 radical (unpaired) electrons. The molecule has 0 spiro atoms. The molecular formula is C65H102O6. The number of hydrogen-bond acceptors (Lipinski definition) is 6. The molecular weight excluding hydrogens is 877 g/mol. The van der Waals surface area contributed by atoms with Crippen molar-refractivity contribution in [2.45, 2.75) is 232 Å². The van der Waals surface area contributed by atoms with E-state index in [1.54, 1.807) is 0 Å². The lowest BCUT2D eigenvalue weighted by Crippen LogP contribution is -2.30. The highest BCUT2D eigenvalue weighted by Gasteiger charge is 2.19. The van der Waals surface area contributed by atoms with E-state index >= 15 is 0 Å². The van der Waals surface area contributed by atoms with E-state index in [4.69, 9.17) is 14.2 Å². The van der Waals surface area contributed by atoms with Gasteiger partial charge in [-0.1, -0.05) is 218 Å². The van der Waals surface area contributed by atoms with Crippen molar-refractivity contribution in [3.63, 3.8) is 0 Å². The number of unbranched alkanes of at least 4 members (excludes halogenated alkanes) is 14. The van der Waals surface area contributed by atoms with Crippen molar-refractivity contribution in [2.75, 3.05) is 13.2 Å². The van der Waals surface area contributed by atoms with Gasteiger partial charge in [0.05, 0.1) is 0 Å². The van der Waals surface area contributed by atoms with E-state index in [-0.39, 0.29) is 37.5 Å². The highest BCUT2D eigenvalue weighted by atomic mass is 16.6. The molecule has 0 amide bonds. The molecule has 0 unspecified atom stereocenters. The molecule has 0 aliphatic heterocycles. The molecule has 0 aliphatic carbocycles. The Morgan fingerprint density at radius 2 is 0.563 bits per heavy atom. The molecule has 1 atom stereocenters. The van der Waals surface area contributed by atoms with Gasteiger partial charge in [0.2, 0.25) is 0 Å². The van der Waals surface area contributed by atoms with E-state index in [1.807, 2.05) is 0 Å². The van der Waals surface area contributed by atoms with Crippen LogP contribution < -0.4 is 0 Å². The molecule has 0 aliphatic rings. The van der Waals surface area contributed by atoms with Crippen LogP contribution in [0.25, 0.3) is 0 Å². The number of hydrogen-bond donors (Lipinski definition) is 0. The number of carbonyl (C=O) groups is 3. The van der Waals surface area contributed by atoms with Gasteiger partial charge < -0.3 is 14.2 Å². The average molecular weight is 980 g/mol. The molecule has 0 aromatic rings. The largest absolute Gasteiger partial charge is 0.462 e. The first-order chi connectivity index (χ1) is 35.0. The molecule has 0 aromatic carbocycles. The van der Waals surface area contributed by atoms with Crippen LogP contribution in [0, 0.1) is 0 Å². The van der Waals surface area contributed by atoms with Crippen LogP contribution >= 0.6 is 0 Å². The summed E-state index contributed by atoms with van der Waals surface area (Å²) in [5.74, 6) is -1.03. The predicted octanol–water partition coefficient (Wildman–Crippen LogP) is 19.2. The SMILES string of the molecule is CC/C=C\C/C=C\C/C=C\C/C=C\C/C=C\CCCCCC(=O)OC[C@@H](COC(=O)CCCCCCCCC/C=C\C/C=C\CCCCC)OC(=O)CCC/C=C\C/C=C\C/C=C\C/C=C\C/C=C\CC. The molecule has 0 saturated carbocycles. The molecule has 71 heavy (non-hydrogen) atoms. The number of ether oxygens (including phenoxy) is 3. The minimum atomic E-state index is -0.832. The molecule has 0 heterocycles. The Bertz CT molecular complexity index is 1590. The van der Waals surface area contributed by atoms with E-state index in [0.29, 0.717) is 19.3 Å². The number of carbonyl (C=O) groups excluding carboxylic acids is 3. The van der Waals surface area contributed by atoms with Gasteiger partial charge in [0.25, 0.3) is 0 Å². The number of rotatable bonds is 49. The van der Waals surface area contributed by atoms with Crippen LogP contribution in [-0.4, -0.2) is 37.2 Å². The fraction of sp³-hybridized carbons (Fsp3) is 0.585. The maximum absolute atomic E-state index is 12.8. The van der Waals surface area contributed by atoms with Gasteiger partial charge in [0.15, 0.2) is 6.10 Å². The van der Waals surface area contributed by atoms with Crippen LogP contribution in [0.2, 0.25) is 0 Å². The van der Waals surface area contributed by atoms with E-state index in [2.05, 4.69) is 167 Å². The number of allylic oxidation sites excluding steroid dienone is 24. The van der Waals surface area contributed by atoms with Gasteiger partial charge in [-0.25, -0.2) is 0 Å². The van der Waals surface area contributed by atoms with Crippen LogP contribution in [0.4, 0.5) is 0 Å². The lowest BCUT2D eigenvalue weighted by Gasteiger charge is -2.18. The van der Waals surface area contributed by atoms with Gasteiger partial charge in [0.1, 0.15) is 13.2 Å². The molecule has 6 nitrogen and oxygen atoms in total. The summed E-state index contributed by atoms with van der Waals surface area (Å²) in [4.78, 5) is 38.2. The first kappa shape index (κ1) is 66.3. The Balaban J connectivity index is 4.58. The van der Waals surface area contributed by atoms with Crippen molar-refractivity contribution in [1.82, 2.24) is 0 Å².